The number of carboxylic acid groups (broad SMARTS) is 1. The van der Waals surface area contributed by atoms with E-state index < -0.39 is 34.9 Å². The van der Waals surface area contributed by atoms with Crippen LogP contribution in [0.15, 0.2) is 36.4 Å². The standard InChI is InChI=1S/C14H10F3N3O4/c15-14(16,17)9-3-1-2-8(6-9)10-4-5-11(20(23)24)13(19-10)18-7-12(21)22/h1-6H,7H2,(H,18,19)(H,21,22)/p-1. The number of aromatic nitrogens is 1. The Morgan fingerprint density at radius 3 is 2.54 bits per heavy atom. The van der Waals surface area contributed by atoms with Gasteiger partial charge in [-0.2, -0.15) is 13.2 Å². The van der Waals surface area contributed by atoms with Gasteiger partial charge in [0, 0.05) is 11.6 Å². The highest BCUT2D eigenvalue weighted by Gasteiger charge is 2.30. The van der Waals surface area contributed by atoms with Gasteiger partial charge < -0.3 is 15.2 Å². The molecule has 24 heavy (non-hydrogen) atoms. The number of nitrogens with zero attached hydrogens (tertiary/aromatic N) is 2. The van der Waals surface area contributed by atoms with E-state index in [1.807, 2.05) is 0 Å². The molecule has 126 valence electrons. The molecule has 0 spiro atoms. The van der Waals surface area contributed by atoms with Gasteiger partial charge in [0.15, 0.2) is 0 Å². The molecule has 0 amide bonds. The molecule has 1 heterocycles. The molecule has 0 bridgehead atoms. The molecule has 0 saturated heterocycles. The number of nitro groups is 1. The number of halogens is 3. The molecule has 2 aromatic rings. The molecule has 0 aliphatic heterocycles. The maximum absolute atomic E-state index is 12.7. The van der Waals surface area contributed by atoms with Crippen molar-refractivity contribution in [2.45, 2.75) is 6.18 Å². The third kappa shape index (κ3) is 3.97. The number of carboxylic acids is 1. The molecule has 0 aliphatic rings. The van der Waals surface area contributed by atoms with Crippen molar-refractivity contribution < 1.29 is 28.0 Å². The number of hydrogen-bond donors (Lipinski definition) is 1. The van der Waals surface area contributed by atoms with E-state index in [-0.39, 0.29) is 17.1 Å². The van der Waals surface area contributed by atoms with Crippen molar-refractivity contribution in [1.82, 2.24) is 4.98 Å². The molecule has 1 N–H and O–H groups in total. The lowest BCUT2D eigenvalue weighted by atomic mass is 10.1. The Morgan fingerprint density at radius 2 is 1.96 bits per heavy atom. The number of aliphatic carboxylic acids is 1. The number of nitrogens with one attached hydrogen (secondary N) is 1. The molecule has 0 aliphatic carbocycles. The zero-order valence-corrected chi connectivity index (χ0v) is 11.8. The monoisotopic (exact) mass is 340 g/mol. The van der Waals surface area contributed by atoms with Crippen LogP contribution in [0, 0.1) is 10.1 Å². The molecular formula is C14H9F3N3O4-. The van der Waals surface area contributed by atoms with Gasteiger partial charge in [-0.05, 0) is 18.2 Å². The zero-order valence-electron chi connectivity index (χ0n) is 11.8. The molecule has 7 nitrogen and oxygen atoms in total. The van der Waals surface area contributed by atoms with E-state index in [0.717, 1.165) is 18.2 Å². The SMILES string of the molecule is O=C([O-])CNc1nc(-c2cccc(C(F)(F)F)c2)ccc1[N+](=O)[O-]. The van der Waals surface area contributed by atoms with Crippen LogP contribution in [-0.4, -0.2) is 22.4 Å². The Kier molecular flexibility index (Phi) is 4.67. The smallest absolute Gasteiger partial charge is 0.416 e. The summed E-state index contributed by atoms with van der Waals surface area (Å²) in [6.45, 7) is -0.736. The van der Waals surface area contributed by atoms with Crippen LogP contribution in [0.3, 0.4) is 0 Å². The van der Waals surface area contributed by atoms with E-state index >= 15 is 0 Å². The number of alkyl halides is 3. The lowest BCUT2D eigenvalue weighted by molar-refractivity contribution is -0.384. The minimum absolute atomic E-state index is 0.0209. The van der Waals surface area contributed by atoms with Gasteiger partial charge in [0.25, 0.3) is 0 Å². The van der Waals surface area contributed by atoms with Crippen molar-refractivity contribution in [2.24, 2.45) is 0 Å². The summed E-state index contributed by atoms with van der Waals surface area (Å²) in [5, 5.41) is 23.6. The maximum atomic E-state index is 12.7. The van der Waals surface area contributed by atoms with Crippen LogP contribution >= 0.6 is 0 Å². The quantitative estimate of drug-likeness (QED) is 0.657. The molecule has 0 radical (unpaired) electrons. The van der Waals surface area contributed by atoms with Crippen LogP contribution in [0.4, 0.5) is 24.7 Å². The van der Waals surface area contributed by atoms with Crippen LogP contribution in [0.1, 0.15) is 5.56 Å². The minimum Gasteiger partial charge on any atom is -0.548 e. The maximum Gasteiger partial charge on any atom is 0.416 e. The lowest BCUT2D eigenvalue weighted by Crippen LogP contribution is -2.30. The fraction of sp³-hybridized carbons (Fsp3) is 0.143. The van der Waals surface area contributed by atoms with Crippen LogP contribution in [0.5, 0.6) is 0 Å². The van der Waals surface area contributed by atoms with Crippen molar-refractivity contribution in [1.29, 1.82) is 0 Å². The molecule has 0 atom stereocenters. The van der Waals surface area contributed by atoms with E-state index in [4.69, 9.17) is 0 Å². The molecule has 1 aromatic carbocycles. The first-order valence-corrected chi connectivity index (χ1v) is 6.45. The first kappa shape index (κ1) is 17.2. The lowest BCUT2D eigenvalue weighted by Gasteiger charge is -2.11. The number of benzene rings is 1. The Bertz CT molecular complexity index is 793. The number of pyridine rings is 1. The molecular weight excluding hydrogens is 331 g/mol. The molecule has 0 fully saturated rings. The molecule has 0 unspecified atom stereocenters. The summed E-state index contributed by atoms with van der Waals surface area (Å²) >= 11 is 0. The van der Waals surface area contributed by atoms with Gasteiger partial charge >= 0.3 is 11.9 Å². The molecule has 2 rings (SSSR count). The highest BCUT2D eigenvalue weighted by molar-refractivity contribution is 5.73. The van der Waals surface area contributed by atoms with Crippen molar-refractivity contribution in [3.63, 3.8) is 0 Å². The van der Waals surface area contributed by atoms with Crippen LogP contribution in [-0.2, 0) is 11.0 Å². The average Bonchev–Trinajstić information content (AvgIpc) is 2.51. The van der Waals surface area contributed by atoms with Crippen LogP contribution < -0.4 is 10.4 Å². The summed E-state index contributed by atoms with van der Waals surface area (Å²) in [6.07, 6.45) is -4.55. The van der Waals surface area contributed by atoms with E-state index in [2.05, 4.69) is 10.3 Å². The number of rotatable bonds is 5. The van der Waals surface area contributed by atoms with Gasteiger partial charge in [0.1, 0.15) is 0 Å². The highest BCUT2D eigenvalue weighted by atomic mass is 19.4. The predicted octanol–water partition coefficient (Wildman–Crippen LogP) is 1.84. The third-order valence-electron chi connectivity index (χ3n) is 2.96. The van der Waals surface area contributed by atoms with Gasteiger partial charge in [-0.3, -0.25) is 10.1 Å². The summed E-state index contributed by atoms with van der Waals surface area (Å²) in [6, 6.07) is 6.46. The highest BCUT2D eigenvalue weighted by Crippen LogP contribution is 2.33. The predicted molar refractivity (Wildman–Crippen MR) is 74.8 cm³/mol. The molecule has 10 heteroatoms. The average molecular weight is 340 g/mol. The summed E-state index contributed by atoms with van der Waals surface area (Å²) in [7, 11) is 0. The zero-order chi connectivity index (χ0) is 17.9. The molecule has 1 aromatic heterocycles. The summed E-state index contributed by atoms with van der Waals surface area (Å²) in [5.41, 5.74) is -1.31. The normalized spacial score (nSPS) is 11.1. The van der Waals surface area contributed by atoms with E-state index in [1.54, 1.807) is 0 Å². The second-order valence-corrected chi connectivity index (χ2v) is 4.63. The Morgan fingerprint density at radius 1 is 1.25 bits per heavy atom. The van der Waals surface area contributed by atoms with Crippen molar-refractivity contribution >= 4 is 17.5 Å². The summed E-state index contributed by atoms with van der Waals surface area (Å²) in [4.78, 5) is 24.4. The van der Waals surface area contributed by atoms with Crippen molar-refractivity contribution in [3.8, 4) is 11.3 Å². The second-order valence-electron chi connectivity index (χ2n) is 4.63. The topological polar surface area (TPSA) is 108 Å². The van der Waals surface area contributed by atoms with E-state index in [1.165, 1.54) is 18.2 Å². The Balaban J connectivity index is 2.46. The van der Waals surface area contributed by atoms with Crippen LogP contribution in [0.2, 0.25) is 0 Å². The van der Waals surface area contributed by atoms with Gasteiger partial charge in [0.05, 0.1) is 28.7 Å². The number of hydrogen-bond acceptors (Lipinski definition) is 6. The van der Waals surface area contributed by atoms with Gasteiger partial charge in [-0.15, -0.1) is 0 Å². The Hall–Kier alpha value is -3.17. The largest absolute Gasteiger partial charge is 0.548 e. The summed E-state index contributed by atoms with van der Waals surface area (Å²) < 4.78 is 38.2. The third-order valence-corrected chi connectivity index (χ3v) is 2.96. The van der Waals surface area contributed by atoms with E-state index in [0.29, 0.717) is 0 Å². The second kappa shape index (κ2) is 6.52. The van der Waals surface area contributed by atoms with E-state index in [9.17, 15) is 33.2 Å². The fourth-order valence-electron chi connectivity index (χ4n) is 1.90. The number of carbonyl (C=O) groups is 1. The number of carbonyl (C=O) groups excluding carboxylic acids is 1. The minimum atomic E-state index is -4.55. The first-order valence-electron chi connectivity index (χ1n) is 6.45. The van der Waals surface area contributed by atoms with Gasteiger partial charge in [0.2, 0.25) is 5.82 Å². The first-order chi connectivity index (χ1) is 11.2. The fourth-order valence-corrected chi connectivity index (χ4v) is 1.90. The molecule has 0 saturated carbocycles. The van der Waals surface area contributed by atoms with Crippen molar-refractivity contribution in [2.75, 3.05) is 11.9 Å². The van der Waals surface area contributed by atoms with Crippen molar-refractivity contribution in [3.05, 3.63) is 52.1 Å². The van der Waals surface area contributed by atoms with Gasteiger partial charge in [-0.1, -0.05) is 12.1 Å². The summed E-state index contributed by atoms with van der Waals surface area (Å²) in [5.74, 6) is -1.89. The van der Waals surface area contributed by atoms with Crippen LogP contribution in [0.25, 0.3) is 11.3 Å². The number of anilines is 1. The van der Waals surface area contributed by atoms with Gasteiger partial charge in [-0.25, -0.2) is 4.98 Å². The Labute approximate surface area is 132 Å².